The normalized spacial score (nSPS) is 13.9. The monoisotopic (exact) mass is 544 g/mol. The molecule has 190 valence electrons. The molecular formula is C27H21Cl2F3N4O. The molecule has 37 heavy (non-hydrogen) atoms. The molecule has 5 nitrogen and oxygen atoms in total. The highest BCUT2D eigenvalue weighted by molar-refractivity contribution is 6.31. The number of carbonyl (C=O) groups is 1. The van der Waals surface area contributed by atoms with Crippen LogP contribution in [-0.4, -0.2) is 33.6 Å². The fourth-order valence-corrected chi connectivity index (χ4v) is 4.83. The fourth-order valence-electron chi connectivity index (χ4n) is 4.56. The molecule has 2 aromatic carbocycles. The van der Waals surface area contributed by atoms with Crippen molar-refractivity contribution in [3.8, 4) is 0 Å². The second-order valence-corrected chi connectivity index (χ2v) is 9.57. The SMILES string of the molecule is O=C(NCc1ccnc(F)c1)n1c2c(c3cc(F)c(Cl)cc31)CN(CC=Cc1ccc(Cl)c(F)c1)CC2. The Kier molecular flexibility index (Phi) is 7.24. The van der Waals surface area contributed by atoms with E-state index < -0.39 is 23.6 Å². The highest BCUT2D eigenvalue weighted by Gasteiger charge is 2.27. The average molecular weight is 545 g/mol. The van der Waals surface area contributed by atoms with E-state index in [2.05, 4.69) is 15.2 Å². The van der Waals surface area contributed by atoms with Crippen molar-refractivity contribution in [2.45, 2.75) is 19.5 Å². The lowest BCUT2D eigenvalue weighted by atomic mass is 10.0. The standard InChI is InChI=1S/C27H21Cl2F3N4O/c28-20-4-3-16(10-22(20)30)2-1-8-35-9-6-24-19(15-35)18-12-23(31)21(29)13-25(18)36(24)27(37)34-14-17-5-7-33-26(32)11-17/h1-5,7,10-13H,6,8-9,14-15H2,(H,34,37). The van der Waals surface area contributed by atoms with Crippen LogP contribution in [0.15, 0.2) is 54.7 Å². The first-order valence-electron chi connectivity index (χ1n) is 11.5. The van der Waals surface area contributed by atoms with E-state index in [-0.39, 0.29) is 16.6 Å². The highest BCUT2D eigenvalue weighted by Crippen LogP contribution is 2.34. The van der Waals surface area contributed by atoms with Gasteiger partial charge in [-0.1, -0.05) is 41.4 Å². The van der Waals surface area contributed by atoms with Crippen molar-refractivity contribution in [2.24, 2.45) is 0 Å². The van der Waals surface area contributed by atoms with Crippen LogP contribution < -0.4 is 5.32 Å². The molecule has 2 aromatic heterocycles. The molecule has 5 rings (SSSR count). The van der Waals surface area contributed by atoms with Gasteiger partial charge >= 0.3 is 6.03 Å². The van der Waals surface area contributed by atoms with Gasteiger partial charge in [-0.05, 0) is 53.1 Å². The van der Waals surface area contributed by atoms with Gasteiger partial charge in [0.25, 0.3) is 0 Å². The smallest absolute Gasteiger partial charge is 0.326 e. The molecular weight excluding hydrogens is 524 g/mol. The van der Waals surface area contributed by atoms with Crippen LogP contribution >= 0.6 is 23.2 Å². The molecule has 0 atom stereocenters. The van der Waals surface area contributed by atoms with E-state index in [9.17, 15) is 18.0 Å². The van der Waals surface area contributed by atoms with Gasteiger partial charge in [0.05, 0.1) is 15.6 Å². The number of rotatable bonds is 5. The summed E-state index contributed by atoms with van der Waals surface area (Å²) in [6.45, 7) is 1.82. The number of benzene rings is 2. The first kappa shape index (κ1) is 25.3. The zero-order valence-corrected chi connectivity index (χ0v) is 21.0. The summed E-state index contributed by atoms with van der Waals surface area (Å²) in [4.78, 5) is 18.9. The lowest BCUT2D eigenvalue weighted by Gasteiger charge is -2.27. The molecule has 1 N–H and O–H groups in total. The van der Waals surface area contributed by atoms with E-state index in [1.165, 1.54) is 41.1 Å². The predicted octanol–water partition coefficient (Wildman–Crippen LogP) is 6.59. The van der Waals surface area contributed by atoms with E-state index in [0.717, 1.165) is 11.3 Å². The number of hydrogen-bond donors (Lipinski definition) is 1. The van der Waals surface area contributed by atoms with E-state index >= 15 is 0 Å². The first-order valence-corrected chi connectivity index (χ1v) is 12.3. The maximum Gasteiger partial charge on any atom is 0.326 e. The van der Waals surface area contributed by atoms with Gasteiger partial charge in [0.2, 0.25) is 5.95 Å². The summed E-state index contributed by atoms with van der Waals surface area (Å²) in [5, 5.41) is 3.40. The molecule has 0 aliphatic carbocycles. The lowest BCUT2D eigenvalue weighted by Crippen LogP contribution is -2.34. The number of hydrogen-bond acceptors (Lipinski definition) is 3. The van der Waals surface area contributed by atoms with E-state index in [1.54, 1.807) is 12.1 Å². The lowest BCUT2D eigenvalue weighted by molar-refractivity contribution is 0.240. The third-order valence-electron chi connectivity index (χ3n) is 6.32. The first-order chi connectivity index (χ1) is 17.8. The maximum absolute atomic E-state index is 14.4. The van der Waals surface area contributed by atoms with Crippen molar-refractivity contribution >= 4 is 46.2 Å². The third kappa shape index (κ3) is 5.37. The quantitative estimate of drug-likeness (QED) is 0.288. The second-order valence-electron chi connectivity index (χ2n) is 8.75. The minimum absolute atomic E-state index is 0.0708. The Morgan fingerprint density at radius 1 is 1.05 bits per heavy atom. The van der Waals surface area contributed by atoms with Crippen LogP contribution in [0, 0.1) is 17.6 Å². The molecule has 3 heterocycles. The van der Waals surface area contributed by atoms with Gasteiger partial charge < -0.3 is 5.32 Å². The van der Waals surface area contributed by atoms with Crippen molar-refractivity contribution in [1.29, 1.82) is 0 Å². The van der Waals surface area contributed by atoms with Crippen LogP contribution in [0.2, 0.25) is 10.0 Å². The topological polar surface area (TPSA) is 50.2 Å². The Morgan fingerprint density at radius 3 is 2.65 bits per heavy atom. The van der Waals surface area contributed by atoms with Gasteiger partial charge in [0.15, 0.2) is 0 Å². The van der Waals surface area contributed by atoms with Crippen molar-refractivity contribution in [3.63, 3.8) is 0 Å². The van der Waals surface area contributed by atoms with Gasteiger partial charge in [0.1, 0.15) is 11.6 Å². The Hall–Kier alpha value is -3.33. The summed E-state index contributed by atoms with van der Waals surface area (Å²) in [5.74, 6) is -1.68. The van der Waals surface area contributed by atoms with Crippen LogP contribution in [0.1, 0.15) is 22.4 Å². The number of halogens is 5. The number of fused-ring (bicyclic) bond motifs is 3. The zero-order valence-electron chi connectivity index (χ0n) is 19.4. The predicted molar refractivity (Wildman–Crippen MR) is 138 cm³/mol. The van der Waals surface area contributed by atoms with Gasteiger partial charge in [-0.3, -0.25) is 9.47 Å². The summed E-state index contributed by atoms with van der Waals surface area (Å²) in [6, 6.07) is 9.87. The number of amides is 1. The van der Waals surface area contributed by atoms with E-state index in [4.69, 9.17) is 23.2 Å². The molecule has 0 saturated carbocycles. The molecule has 0 fully saturated rings. The summed E-state index contributed by atoms with van der Waals surface area (Å²) in [6.07, 6.45) is 5.61. The summed E-state index contributed by atoms with van der Waals surface area (Å²) in [5.41, 5.74) is 3.37. The number of aromatic nitrogens is 2. The molecule has 10 heteroatoms. The van der Waals surface area contributed by atoms with Gasteiger partial charge in [0, 0.05) is 49.9 Å². The molecule has 0 bridgehead atoms. The van der Waals surface area contributed by atoms with Crippen molar-refractivity contribution in [2.75, 3.05) is 13.1 Å². The van der Waals surface area contributed by atoms with Gasteiger partial charge in [-0.25, -0.2) is 18.6 Å². The zero-order chi connectivity index (χ0) is 26.1. The average Bonchev–Trinajstić information content (AvgIpc) is 3.17. The molecule has 1 aliphatic rings. The Balaban J connectivity index is 1.39. The van der Waals surface area contributed by atoms with Crippen LogP contribution in [0.3, 0.4) is 0 Å². The molecule has 0 spiro atoms. The van der Waals surface area contributed by atoms with E-state index in [0.29, 0.717) is 48.1 Å². The molecule has 1 amide bonds. The van der Waals surface area contributed by atoms with Crippen LogP contribution in [-0.2, 0) is 19.5 Å². The molecule has 0 saturated heterocycles. The number of pyridine rings is 1. The Morgan fingerprint density at radius 2 is 1.86 bits per heavy atom. The Bertz CT molecular complexity index is 1540. The molecule has 4 aromatic rings. The van der Waals surface area contributed by atoms with Crippen LogP contribution in [0.4, 0.5) is 18.0 Å². The minimum Gasteiger partial charge on any atom is -0.333 e. The fraction of sp³-hybridized carbons (Fsp3) is 0.185. The molecule has 0 unspecified atom stereocenters. The van der Waals surface area contributed by atoms with Crippen LogP contribution in [0.25, 0.3) is 17.0 Å². The largest absolute Gasteiger partial charge is 0.333 e. The number of nitrogens with zero attached hydrogens (tertiary/aromatic N) is 3. The number of carbonyl (C=O) groups excluding carboxylic acids is 1. The van der Waals surface area contributed by atoms with Crippen molar-refractivity contribution in [1.82, 2.24) is 19.8 Å². The van der Waals surface area contributed by atoms with Crippen molar-refractivity contribution in [3.05, 3.63) is 105 Å². The molecule has 0 radical (unpaired) electrons. The summed E-state index contributed by atoms with van der Waals surface area (Å²) >= 11 is 11.8. The maximum atomic E-state index is 14.4. The van der Waals surface area contributed by atoms with Crippen LogP contribution in [0.5, 0.6) is 0 Å². The van der Waals surface area contributed by atoms with Gasteiger partial charge in [-0.2, -0.15) is 4.39 Å². The van der Waals surface area contributed by atoms with Crippen molar-refractivity contribution < 1.29 is 18.0 Å². The highest BCUT2D eigenvalue weighted by atomic mass is 35.5. The summed E-state index contributed by atoms with van der Waals surface area (Å²) in [7, 11) is 0. The second kappa shape index (κ2) is 10.6. The minimum atomic E-state index is -0.631. The Labute approximate surface area is 221 Å². The third-order valence-corrected chi connectivity index (χ3v) is 6.92. The number of nitrogens with one attached hydrogen (secondary N) is 1. The molecule has 1 aliphatic heterocycles. The van der Waals surface area contributed by atoms with Gasteiger partial charge in [-0.15, -0.1) is 0 Å². The van der Waals surface area contributed by atoms with E-state index in [1.807, 2.05) is 12.2 Å². The summed E-state index contributed by atoms with van der Waals surface area (Å²) < 4.78 is 43.1.